The lowest BCUT2D eigenvalue weighted by Gasteiger charge is -2.33. The number of aliphatic hydroxyl groups excluding tert-OH is 1. The number of alkyl halides is 2. The molecule has 3 atom stereocenters. The molecule has 2 heterocycles. The Hall–Kier alpha value is -2.21. The predicted molar refractivity (Wildman–Crippen MR) is 143 cm³/mol. The Bertz CT molecular complexity index is 1260. The second-order valence-electron chi connectivity index (χ2n) is 11.3. The predicted octanol–water partition coefficient (Wildman–Crippen LogP) is 4.24. The fraction of sp³-hybridized carbons (Fsp3) is 0.519. The van der Waals surface area contributed by atoms with Crippen molar-refractivity contribution in [2.45, 2.75) is 68.6 Å². The summed E-state index contributed by atoms with van der Waals surface area (Å²) in [5.74, 6) is -4.62. The molecule has 2 fully saturated rings. The molecule has 0 radical (unpaired) electrons. The largest absolute Gasteiger partial charge is 0.497 e. The Labute approximate surface area is 225 Å². The molecule has 1 aliphatic carbocycles. The maximum atomic E-state index is 15.4. The highest BCUT2D eigenvalue weighted by molar-refractivity contribution is 8.15. The molecular formula is C27H32BF3N2O4S. The molecule has 0 spiro atoms. The van der Waals surface area contributed by atoms with E-state index in [1.165, 1.54) is 19.1 Å². The lowest BCUT2D eigenvalue weighted by Crippen LogP contribution is -2.41. The average molecular weight is 548 g/mol. The van der Waals surface area contributed by atoms with Crippen molar-refractivity contribution < 1.29 is 32.3 Å². The number of hydrogen-bond acceptors (Lipinski definition) is 7. The van der Waals surface area contributed by atoms with Crippen LogP contribution < -0.4 is 15.5 Å². The molecule has 2 N–H and O–H groups in total. The number of nitrogens with one attached hydrogen (secondary N) is 1. The van der Waals surface area contributed by atoms with E-state index in [2.05, 4.69) is 10.3 Å². The number of methoxy groups -OCH3 is 1. The van der Waals surface area contributed by atoms with Crippen molar-refractivity contribution in [1.29, 1.82) is 0 Å². The van der Waals surface area contributed by atoms with Gasteiger partial charge in [0.25, 0.3) is 5.92 Å². The molecule has 0 amide bonds. The first kappa shape index (κ1) is 27.4. The van der Waals surface area contributed by atoms with Gasteiger partial charge in [-0.05, 0) is 63.8 Å². The fourth-order valence-electron chi connectivity index (χ4n) is 5.34. The van der Waals surface area contributed by atoms with Gasteiger partial charge in [0.05, 0.1) is 36.4 Å². The summed E-state index contributed by atoms with van der Waals surface area (Å²) in [6, 6.07) is 11.6. The Morgan fingerprint density at radius 2 is 1.68 bits per heavy atom. The SMILES string of the molecule is COc1ccc(CNC2=N[C@](C)(c3cc(B4OC(C)(C)C(C)(C)O4)ccc3F)[C@H]3C(F)(F)[C@]3(CO)S2)cc1. The summed E-state index contributed by atoms with van der Waals surface area (Å²) in [4.78, 5) is 4.66. The summed E-state index contributed by atoms with van der Waals surface area (Å²) in [5.41, 5.74) is -1.49. The molecule has 2 aliphatic heterocycles. The van der Waals surface area contributed by atoms with Crippen LogP contribution in [0.5, 0.6) is 5.75 Å². The zero-order valence-electron chi connectivity index (χ0n) is 22.3. The minimum atomic E-state index is -3.26. The van der Waals surface area contributed by atoms with E-state index in [-0.39, 0.29) is 10.7 Å². The molecule has 2 aromatic rings. The fourth-order valence-corrected chi connectivity index (χ4v) is 6.82. The second-order valence-corrected chi connectivity index (χ2v) is 12.6. The summed E-state index contributed by atoms with van der Waals surface area (Å²) in [5, 5.41) is 13.5. The quantitative estimate of drug-likeness (QED) is 0.527. The Kier molecular flexibility index (Phi) is 6.41. The Morgan fingerprint density at radius 1 is 1.05 bits per heavy atom. The van der Waals surface area contributed by atoms with Gasteiger partial charge >= 0.3 is 7.12 Å². The molecule has 11 heteroatoms. The summed E-state index contributed by atoms with van der Waals surface area (Å²) in [6.45, 7) is 8.66. The van der Waals surface area contributed by atoms with E-state index in [0.29, 0.717) is 17.8 Å². The number of aliphatic imine (C=N–C) groups is 1. The summed E-state index contributed by atoms with van der Waals surface area (Å²) < 4.78 is 61.9. The van der Waals surface area contributed by atoms with Crippen molar-refractivity contribution in [2.24, 2.45) is 10.9 Å². The van der Waals surface area contributed by atoms with Crippen LogP contribution in [0.25, 0.3) is 0 Å². The first-order chi connectivity index (χ1) is 17.7. The van der Waals surface area contributed by atoms with E-state index < -0.39 is 52.9 Å². The lowest BCUT2D eigenvalue weighted by atomic mass is 9.75. The molecule has 2 aromatic carbocycles. The van der Waals surface area contributed by atoms with Crippen LogP contribution in [0.2, 0.25) is 0 Å². The average Bonchev–Trinajstić information content (AvgIpc) is 3.28. The molecule has 3 aliphatic rings. The van der Waals surface area contributed by atoms with Gasteiger partial charge in [-0.1, -0.05) is 36.0 Å². The normalized spacial score (nSPS) is 30.4. The lowest BCUT2D eigenvalue weighted by molar-refractivity contribution is 0.00578. The third kappa shape index (κ3) is 4.04. The van der Waals surface area contributed by atoms with E-state index in [9.17, 15) is 5.11 Å². The van der Waals surface area contributed by atoms with E-state index in [4.69, 9.17) is 14.0 Å². The molecule has 0 unspecified atom stereocenters. The van der Waals surface area contributed by atoms with Gasteiger partial charge in [0.2, 0.25) is 0 Å². The van der Waals surface area contributed by atoms with Gasteiger partial charge in [0, 0.05) is 12.1 Å². The standard InChI is InChI=1S/C27H32BF3N2O4S/c1-23(2)24(3,4)37-28(36-23)17-9-12-20(29)19(13-17)25(5)21-26(15-34,27(21,30)31)38-22(33-25)32-14-16-7-10-18(35-6)11-8-16/h7-13,21,34H,14-15H2,1-6H3,(H,32,33)/t21-,25-,26-/m1/s1. The van der Waals surface area contributed by atoms with Crippen LogP contribution in [0.3, 0.4) is 0 Å². The second kappa shape index (κ2) is 8.91. The zero-order valence-corrected chi connectivity index (χ0v) is 23.1. The maximum absolute atomic E-state index is 15.4. The Morgan fingerprint density at radius 3 is 2.26 bits per heavy atom. The van der Waals surface area contributed by atoms with Crippen LogP contribution in [-0.2, 0) is 21.4 Å². The van der Waals surface area contributed by atoms with Crippen molar-refractivity contribution in [2.75, 3.05) is 13.7 Å². The number of fused-ring (bicyclic) bond motifs is 1. The van der Waals surface area contributed by atoms with Gasteiger partial charge in [0.15, 0.2) is 5.17 Å². The molecule has 38 heavy (non-hydrogen) atoms. The van der Waals surface area contributed by atoms with Crippen LogP contribution >= 0.6 is 11.8 Å². The molecule has 6 nitrogen and oxygen atoms in total. The number of nitrogens with zero attached hydrogens (tertiary/aromatic N) is 1. The molecular weight excluding hydrogens is 516 g/mol. The zero-order chi connectivity index (χ0) is 27.7. The molecule has 204 valence electrons. The molecule has 0 aromatic heterocycles. The van der Waals surface area contributed by atoms with Crippen LogP contribution in [0.1, 0.15) is 45.7 Å². The number of hydrogen-bond donors (Lipinski definition) is 2. The number of ether oxygens (including phenoxy) is 1. The maximum Gasteiger partial charge on any atom is 0.494 e. The number of halogens is 3. The van der Waals surface area contributed by atoms with Crippen molar-refractivity contribution in [1.82, 2.24) is 5.32 Å². The van der Waals surface area contributed by atoms with Crippen molar-refractivity contribution in [3.8, 4) is 5.75 Å². The van der Waals surface area contributed by atoms with Crippen molar-refractivity contribution >= 4 is 29.5 Å². The van der Waals surface area contributed by atoms with E-state index in [1.807, 2.05) is 39.8 Å². The number of rotatable bonds is 6. The first-order valence-corrected chi connectivity index (χ1v) is 13.3. The molecule has 1 saturated carbocycles. The van der Waals surface area contributed by atoms with Crippen molar-refractivity contribution in [3.05, 3.63) is 59.4 Å². The van der Waals surface area contributed by atoms with Gasteiger partial charge < -0.3 is 24.5 Å². The van der Waals surface area contributed by atoms with E-state index >= 15 is 13.2 Å². The number of thioether (sulfide) groups is 1. The van der Waals surface area contributed by atoms with Crippen molar-refractivity contribution in [3.63, 3.8) is 0 Å². The number of amidine groups is 1. The van der Waals surface area contributed by atoms with E-state index in [0.717, 1.165) is 17.3 Å². The smallest absolute Gasteiger partial charge is 0.494 e. The van der Waals surface area contributed by atoms with Crippen LogP contribution in [0.15, 0.2) is 47.5 Å². The van der Waals surface area contributed by atoms with Crippen LogP contribution in [-0.4, -0.2) is 53.0 Å². The highest BCUT2D eigenvalue weighted by Gasteiger charge is 2.87. The molecule has 1 saturated heterocycles. The number of aliphatic hydroxyl groups is 1. The van der Waals surface area contributed by atoms with Gasteiger partial charge in [-0.15, -0.1) is 0 Å². The van der Waals surface area contributed by atoms with Gasteiger partial charge in [-0.3, -0.25) is 4.99 Å². The highest BCUT2D eigenvalue weighted by Crippen LogP contribution is 2.74. The molecule has 0 bridgehead atoms. The first-order valence-electron chi connectivity index (χ1n) is 12.5. The van der Waals surface area contributed by atoms with E-state index in [1.54, 1.807) is 25.3 Å². The summed E-state index contributed by atoms with van der Waals surface area (Å²) in [6.07, 6.45) is 0. The third-order valence-electron chi connectivity index (χ3n) is 8.38. The van der Waals surface area contributed by atoms with Crippen LogP contribution in [0.4, 0.5) is 13.2 Å². The van der Waals surface area contributed by atoms with Gasteiger partial charge in [-0.25, -0.2) is 13.2 Å². The summed E-state index contributed by atoms with van der Waals surface area (Å²) >= 11 is 0.816. The minimum Gasteiger partial charge on any atom is -0.497 e. The monoisotopic (exact) mass is 548 g/mol. The van der Waals surface area contributed by atoms with Gasteiger partial charge in [-0.2, -0.15) is 0 Å². The highest BCUT2D eigenvalue weighted by atomic mass is 32.2. The third-order valence-corrected chi connectivity index (χ3v) is 9.81. The molecule has 5 rings (SSSR count). The minimum absolute atomic E-state index is 0.00811. The summed E-state index contributed by atoms with van der Waals surface area (Å²) in [7, 11) is 0.781. The number of benzene rings is 2. The topological polar surface area (TPSA) is 72.3 Å². The van der Waals surface area contributed by atoms with Crippen LogP contribution in [0, 0.1) is 11.7 Å². The van der Waals surface area contributed by atoms with Gasteiger partial charge in [0.1, 0.15) is 16.3 Å². The Balaban J connectivity index is 1.51.